The van der Waals surface area contributed by atoms with Gasteiger partial charge in [-0.3, -0.25) is 10.1 Å². The molecule has 0 radical (unpaired) electrons. The van der Waals surface area contributed by atoms with Crippen LogP contribution in [0.4, 0.5) is 11.4 Å². The van der Waals surface area contributed by atoms with E-state index in [0.29, 0.717) is 17.7 Å². The van der Waals surface area contributed by atoms with Gasteiger partial charge < -0.3 is 10.1 Å². The van der Waals surface area contributed by atoms with Gasteiger partial charge in [0.2, 0.25) is 0 Å². The van der Waals surface area contributed by atoms with Crippen LogP contribution in [0.1, 0.15) is 32.6 Å². The maximum absolute atomic E-state index is 10.8. The largest absolute Gasteiger partial charge is 0.494 e. The number of ether oxygens (including phenoxy) is 1. The predicted molar refractivity (Wildman–Crippen MR) is 74.7 cm³/mol. The number of benzene rings is 1. The minimum atomic E-state index is -0.406. The molecule has 0 aliphatic heterocycles. The number of non-ortho nitro benzene ring substituents is 1. The summed E-state index contributed by atoms with van der Waals surface area (Å²) in [6.07, 6.45) is 4.81. The normalized spacial score (nSPS) is 22.2. The summed E-state index contributed by atoms with van der Waals surface area (Å²) >= 11 is 0. The van der Waals surface area contributed by atoms with Gasteiger partial charge in [-0.15, -0.1) is 0 Å². The van der Waals surface area contributed by atoms with Crippen LogP contribution in [-0.2, 0) is 0 Å². The quantitative estimate of drug-likeness (QED) is 0.652. The number of nitro benzene ring substituents is 1. The van der Waals surface area contributed by atoms with E-state index >= 15 is 0 Å². The van der Waals surface area contributed by atoms with Gasteiger partial charge in [-0.2, -0.15) is 0 Å². The van der Waals surface area contributed by atoms with Crippen LogP contribution in [0.5, 0.6) is 5.75 Å². The SMILES string of the molecule is CCC1CCCC1Nc1ccc([N+](=O)[O-])cc1OC. The van der Waals surface area contributed by atoms with E-state index in [2.05, 4.69) is 12.2 Å². The Bertz CT molecular complexity index is 462. The molecule has 0 aromatic heterocycles. The summed E-state index contributed by atoms with van der Waals surface area (Å²) in [5, 5.41) is 14.2. The lowest BCUT2D eigenvalue weighted by atomic mass is 10.0. The van der Waals surface area contributed by atoms with Gasteiger partial charge in [0.15, 0.2) is 0 Å². The highest BCUT2D eigenvalue weighted by atomic mass is 16.6. The molecule has 0 saturated heterocycles. The highest BCUT2D eigenvalue weighted by molar-refractivity contribution is 5.61. The topological polar surface area (TPSA) is 64.4 Å². The van der Waals surface area contributed by atoms with Gasteiger partial charge in [0, 0.05) is 12.1 Å². The van der Waals surface area contributed by atoms with Crippen LogP contribution in [0.2, 0.25) is 0 Å². The molecule has 19 heavy (non-hydrogen) atoms. The molecular formula is C14H20N2O3. The van der Waals surface area contributed by atoms with Crippen molar-refractivity contribution in [3.63, 3.8) is 0 Å². The summed E-state index contributed by atoms with van der Waals surface area (Å²) < 4.78 is 5.25. The summed E-state index contributed by atoms with van der Waals surface area (Å²) in [6.45, 7) is 2.21. The van der Waals surface area contributed by atoms with E-state index in [0.717, 1.165) is 18.5 Å². The molecule has 0 bridgehead atoms. The Kier molecular flexibility index (Phi) is 4.24. The second-order valence-electron chi connectivity index (χ2n) is 4.99. The molecule has 0 spiro atoms. The molecule has 2 atom stereocenters. The molecule has 2 rings (SSSR count). The monoisotopic (exact) mass is 264 g/mol. The van der Waals surface area contributed by atoms with Gasteiger partial charge in [0.05, 0.1) is 23.8 Å². The molecule has 5 nitrogen and oxygen atoms in total. The third-order valence-electron chi connectivity index (χ3n) is 3.92. The van der Waals surface area contributed by atoms with Gasteiger partial charge in [0.1, 0.15) is 5.75 Å². The summed E-state index contributed by atoms with van der Waals surface area (Å²) in [6, 6.07) is 5.17. The fourth-order valence-electron chi connectivity index (χ4n) is 2.83. The second-order valence-corrected chi connectivity index (χ2v) is 4.99. The third kappa shape index (κ3) is 2.97. The van der Waals surface area contributed by atoms with E-state index in [-0.39, 0.29) is 5.69 Å². The average Bonchev–Trinajstić information content (AvgIpc) is 2.86. The number of rotatable bonds is 5. The number of nitrogens with zero attached hydrogens (tertiary/aromatic N) is 1. The van der Waals surface area contributed by atoms with E-state index in [4.69, 9.17) is 4.74 Å². The summed E-state index contributed by atoms with van der Waals surface area (Å²) in [7, 11) is 1.54. The van der Waals surface area contributed by atoms with Crippen molar-refractivity contribution in [2.24, 2.45) is 5.92 Å². The molecule has 1 aliphatic carbocycles. The molecule has 1 aliphatic rings. The summed E-state index contributed by atoms with van der Waals surface area (Å²) in [4.78, 5) is 10.3. The molecular weight excluding hydrogens is 244 g/mol. The Hall–Kier alpha value is -1.78. The van der Waals surface area contributed by atoms with E-state index in [1.165, 1.54) is 32.1 Å². The van der Waals surface area contributed by atoms with Crippen molar-refractivity contribution < 1.29 is 9.66 Å². The van der Waals surface area contributed by atoms with E-state index in [1.54, 1.807) is 6.07 Å². The van der Waals surface area contributed by atoms with E-state index < -0.39 is 4.92 Å². The van der Waals surface area contributed by atoms with Crippen molar-refractivity contribution in [2.75, 3.05) is 12.4 Å². The zero-order chi connectivity index (χ0) is 13.8. The smallest absolute Gasteiger partial charge is 0.273 e. The Labute approximate surface area is 113 Å². The maximum Gasteiger partial charge on any atom is 0.273 e. The zero-order valence-corrected chi connectivity index (χ0v) is 11.4. The minimum absolute atomic E-state index is 0.0564. The van der Waals surface area contributed by atoms with Crippen molar-refractivity contribution in [1.29, 1.82) is 0 Å². The van der Waals surface area contributed by atoms with E-state index in [1.807, 2.05) is 0 Å². The molecule has 1 saturated carbocycles. The first kappa shape index (κ1) is 13.6. The maximum atomic E-state index is 10.8. The first-order valence-electron chi connectivity index (χ1n) is 6.74. The van der Waals surface area contributed by atoms with Crippen LogP contribution in [-0.4, -0.2) is 18.1 Å². The van der Waals surface area contributed by atoms with Crippen LogP contribution in [0.3, 0.4) is 0 Å². The lowest BCUT2D eigenvalue weighted by molar-refractivity contribution is -0.384. The summed E-state index contributed by atoms with van der Waals surface area (Å²) in [5.74, 6) is 1.22. The molecule has 104 valence electrons. The van der Waals surface area contributed by atoms with Gasteiger partial charge in [-0.25, -0.2) is 0 Å². The van der Waals surface area contributed by atoms with Gasteiger partial charge in [0.25, 0.3) is 5.69 Å². The van der Waals surface area contributed by atoms with Crippen molar-refractivity contribution in [3.8, 4) is 5.75 Å². The fraction of sp³-hybridized carbons (Fsp3) is 0.571. The van der Waals surface area contributed by atoms with Crippen LogP contribution < -0.4 is 10.1 Å². The predicted octanol–water partition coefficient (Wildman–Crippen LogP) is 3.59. The fourth-order valence-corrected chi connectivity index (χ4v) is 2.83. The van der Waals surface area contributed by atoms with Crippen LogP contribution in [0, 0.1) is 16.0 Å². The summed E-state index contributed by atoms with van der Waals surface area (Å²) in [5.41, 5.74) is 0.902. The molecule has 0 amide bonds. The first-order valence-corrected chi connectivity index (χ1v) is 6.74. The van der Waals surface area contributed by atoms with Gasteiger partial charge in [-0.05, 0) is 24.8 Å². The Morgan fingerprint density at radius 2 is 2.26 bits per heavy atom. The number of hydrogen-bond acceptors (Lipinski definition) is 4. The Balaban J connectivity index is 2.17. The first-order chi connectivity index (χ1) is 9.15. The molecule has 1 N–H and O–H groups in total. The lowest BCUT2D eigenvalue weighted by Crippen LogP contribution is -2.23. The van der Waals surface area contributed by atoms with Crippen molar-refractivity contribution in [3.05, 3.63) is 28.3 Å². The average molecular weight is 264 g/mol. The van der Waals surface area contributed by atoms with E-state index in [9.17, 15) is 10.1 Å². The van der Waals surface area contributed by atoms with Crippen LogP contribution >= 0.6 is 0 Å². The molecule has 1 aromatic carbocycles. The van der Waals surface area contributed by atoms with Crippen molar-refractivity contribution in [1.82, 2.24) is 0 Å². The second kappa shape index (κ2) is 5.91. The molecule has 1 fully saturated rings. The third-order valence-corrected chi connectivity index (χ3v) is 3.92. The lowest BCUT2D eigenvalue weighted by Gasteiger charge is -2.22. The Morgan fingerprint density at radius 3 is 2.89 bits per heavy atom. The number of nitrogens with one attached hydrogen (secondary N) is 1. The standard InChI is InChI=1S/C14H20N2O3/c1-3-10-5-4-6-12(10)15-13-8-7-11(16(17)18)9-14(13)19-2/h7-10,12,15H,3-6H2,1-2H3. The highest BCUT2D eigenvalue weighted by Crippen LogP contribution is 2.35. The molecule has 2 unspecified atom stereocenters. The minimum Gasteiger partial charge on any atom is -0.494 e. The Morgan fingerprint density at radius 1 is 1.47 bits per heavy atom. The number of methoxy groups -OCH3 is 1. The molecule has 1 aromatic rings. The van der Waals surface area contributed by atoms with Gasteiger partial charge >= 0.3 is 0 Å². The number of anilines is 1. The molecule has 5 heteroatoms. The number of hydrogen-bond donors (Lipinski definition) is 1. The number of nitro groups is 1. The molecule has 0 heterocycles. The van der Waals surface area contributed by atoms with Crippen LogP contribution in [0.25, 0.3) is 0 Å². The van der Waals surface area contributed by atoms with Crippen molar-refractivity contribution >= 4 is 11.4 Å². The van der Waals surface area contributed by atoms with Crippen LogP contribution in [0.15, 0.2) is 18.2 Å². The highest BCUT2D eigenvalue weighted by Gasteiger charge is 2.26. The van der Waals surface area contributed by atoms with Crippen molar-refractivity contribution in [2.45, 2.75) is 38.6 Å². The van der Waals surface area contributed by atoms with Gasteiger partial charge in [-0.1, -0.05) is 19.8 Å². The zero-order valence-electron chi connectivity index (χ0n) is 11.4.